The smallest absolute Gasteiger partial charge is 0.396 e. The average molecular weight is 449 g/mol. The molecule has 0 aromatic heterocycles. The number of aliphatic hydroxyl groups excluding tert-OH is 1. The van der Waals surface area contributed by atoms with E-state index in [1.165, 1.54) is 24.3 Å². The Morgan fingerprint density at radius 2 is 1.55 bits per heavy atom. The lowest BCUT2D eigenvalue weighted by atomic mass is 9.81. The molecular weight excluding hydrogens is 431 g/mol. The molecule has 3 nitrogen and oxygen atoms in total. The molecule has 1 aliphatic heterocycles. The number of nitrogens with one attached hydrogen (secondary N) is 1. The standard InChI is InChI=1S/C21H18F7NO2/c22-17-3-1-14(2-4-17)19(5-6-30)10-13(11-29-19)18(31)12-7-15(20(23,24)25)9-16(8-12)21(26,27)28/h1-4,7-9,13,29-30H,5-6,10-11H2/t13-,19+/m1/s1. The number of rotatable bonds is 5. The van der Waals surface area contributed by atoms with E-state index < -0.39 is 52.1 Å². The third-order valence-corrected chi connectivity index (χ3v) is 5.46. The van der Waals surface area contributed by atoms with Crippen LogP contribution in [-0.4, -0.2) is 24.0 Å². The van der Waals surface area contributed by atoms with Gasteiger partial charge in [0.2, 0.25) is 0 Å². The lowest BCUT2D eigenvalue weighted by molar-refractivity contribution is -0.143. The van der Waals surface area contributed by atoms with Gasteiger partial charge in [-0.1, -0.05) is 12.1 Å². The number of benzene rings is 2. The highest BCUT2D eigenvalue weighted by molar-refractivity contribution is 5.98. The van der Waals surface area contributed by atoms with Crippen LogP contribution in [0.2, 0.25) is 0 Å². The van der Waals surface area contributed by atoms with E-state index in [0.29, 0.717) is 17.7 Å². The molecule has 2 aromatic carbocycles. The van der Waals surface area contributed by atoms with E-state index in [0.717, 1.165) is 0 Å². The van der Waals surface area contributed by atoms with Crippen LogP contribution in [-0.2, 0) is 17.9 Å². The van der Waals surface area contributed by atoms with Crippen molar-refractivity contribution in [3.63, 3.8) is 0 Å². The van der Waals surface area contributed by atoms with Crippen molar-refractivity contribution in [2.45, 2.75) is 30.7 Å². The van der Waals surface area contributed by atoms with Gasteiger partial charge in [-0.2, -0.15) is 26.3 Å². The minimum Gasteiger partial charge on any atom is -0.396 e. The lowest BCUT2D eigenvalue weighted by Crippen LogP contribution is -2.37. The molecule has 1 fully saturated rings. The highest BCUT2D eigenvalue weighted by Gasteiger charge is 2.44. The minimum atomic E-state index is -5.06. The fourth-order valence-electron chi connectivity index (χ4n) is 3.92. The zero-order chi connectivity index (χ0) is 23.0. The zero-order valence-electron chi connectivity index (χ0n) is 15.9. The molecule has 0 unspecified atom stereocenters. The Balaban J connectivity index is 1.95. The van der Waals surface area contributed by atoms with Crippen molar-refractivity contribution in [2.24, 2.45) is 5.92 Å². The Morgan fingerprint density at radius 1 is 1.00 bits per heavy atom. The molecule has 1 aliphatic rings. The largest absolute Gasteiger partial charge is 0.416 e. The van der Waals surface area contributed by atoms with Gasteiger partial charge in [0, 0.05) is 30.2 Å². The van der Waals surface area contributed by atoms with Crippen molar-refractivity contribution in [1.82, 2.24) is 5.32 Å². The third-order valence-electron chi connectivity index (χ3n) is 5.46. The van der Waals surface area contributed by atoms with Crippen LogP contribution in [0, 0.1) is 11.7 Å². The number of halogens is 7. The van der Waals surface area contributed by atoms with Crippen molar-refractivity contribution in [2.75, 3.05) is 13.2 Å². The summed E-state index contributed by atoms with van der Waals surface area (Å²) in [6.45, 7) is -0.319. The van der Waals surface area contributed by atoms with Crippen LogP contribution in [0.1, 0.15) is 39.9 Å². The van der Waals surface area contributed by atoms with Gasteiger partial charge in [-0.3, -0.25) is 4.79 Å². The monoisotopic (exact) mass is 449 g/mol. The SMILES string of the molecule is O=C(c1cc(C(F)(F)F)cc(C(F)(F)F)c1)[C@H]1CN[C@](CCO)(c2ccc(F)cc2)C1. The summed E-state index contributed by atoms with van der Waals surface area (Å²) < 4.78 is 91.9. The van der Waals surface area contributed by atoms with E-state index in [4.69, 9.17) is 0 Å². The second-order valence-corrected chi connectivity index (χ2v) is 7.50. The molecule has 31 heavy (non-hydrogen) atoms. The Bertz CT molecular complexity index is 921. The van der Waals surface area contributed by atoms with Gasteiger partial charge in [0.15, 0.2) is 5.78 Å². The predicted molar refractivity (Wildman–Crippen MR) is 96.7 cm³/mol. The number of Topliss-reactive ketones (excluding diaryl/α,β-unsaturated/α-hetero) is 1. The summed E-state index contributed by atoms with van der Waals surface area (Å²) in [6, 6.07) is 6.09. The number of alkyl halides is 6. The van der Waals surface area contributed by atoms with Crippen LogP contribution in [0.4, 0.5) is 30.7 Å². The number of carbonyl (C=O) groups excluding carboxylic acids is 1. The van der Waals surface area contributed by atoms with E-state index in [1.54, 1.807) is 0 Å². The summed E-state index contributed by atoms with van der Waals surface area (Å²) in [5.41, 5.74) is -4.21. The van der Waals surface area contributed by atoms with Gasteiger partial charge in [0.1, 0.15) is 5.82 Å². The van der Waals surface area contributed by atoms with Crippen molar-refractivity contribution in [1.29, 1.82) is 0 Å². The first-order chi connectivity index (χ1) is 14.4. The number of aliphatic hydroxyl groups is 1. The average Bonchev–Trinajstić information content (AvgIpc) is 3.11. The molecule has 10 heteroatoms. The number of carbonyl (C=O) groups is 1. The van der Waals surface area contributed by atoms with E-state index in [-0.39, 0.29) is 32.1 Å². The topological polar surface area (TPSA) is 49.3 Å². The summed E-state index contributed by atoms with van der Waals surface area (Å²) in [7, 11) is 0. The fourth-order valence-corrected chi connectivity index (χ4v) is 3.92. The molecule has 0 radical (unpaired) electrons. The minimum absolute atomic E-state index is 0.0200. The van der Waals surface area contributed by atoms with Gasteiger partial charge in [0.05, 0.1) is 11.1 Å². The summed E-state index contributed by atoms with van der Waals surface area (Å²) in [5.74, 6) is -2.30. The normalized spacial score (nSPS) is 22.0. The van der Waals surface area contributed by atoms with Crippen LogP contribution < -0.4 is 5.32 Å². The Morgan fingerprint density at radius 3 is 2.03 bits per heavy atom. The maximum absolute atomic E-state index is 13.3. The number of hydrogen-bond donors (Lipinski definition) is 2. The molecule has 168 valence electrons. The summed E-state index contributed by atoms with van der Waals surface area (Å²) in [4.78, 5) is 12.9. The van der Waals surface area contributed by atoms with E-state index in [2.05, 4.69) is 5.32 Å². The molecule has 1 heterocycles. The van der Waals surface area contributed by atoms with Crippen molar-refractivity contribution in [3.8, 4) is 0 Å². The van der Waals surface area contributed by atoms with Gasteiger partial charge in [-0.15, -0.1) is 0 Å². The Kier molecular flexibility index (Phi) is 6.16. The first-order valence-corrected chi connectivity index (χ1v) is 9.31. The van der Waals surface area contributed by atoms with Gasteiger partial charge in [0.25, 0.3) is 0 Å². The molecule has 2 N–H and O–H groups in total. The molecule has 0 saturated carbocycles. The van der Waals surface area contributed by atoms with Crippen LogP contribution >= 0.6 is 0 Å². The molecular formula is C21H18F7NO2. The second kappa shape index (κ2) is 8.23. The van der Waals surface area contributed by atoms with Crippen LogP contribution in [0.15, 0.2) is 42.5 Å². The van der Waals surface area contributed by atoms with Gasteiger partial charge in [-0.25, -0.2) is 4.39 Å². The van der Waals surface area contributed by atoms with Crippen molar-refractivity contribution in [3.05, 3.63) is 70.5 Å². The maximum Gasteiger partial charge on any atom is 0.416 e. The lowest BCUT2D eigenvalue weighted by Gasteiger charge is -2.30. The predicted octanol–water partition coefficient (Wildman–Crippen LogP) is 4.93. The molecule has 0 bridgehead atoms. The second-order valence-electron chi connectivity index (χ2n) is 7.50. The number of hydrogen-bond acceptors (Lipinski definition) is 3. The Hall–Kier alpha value is -2.46. The van der Waals surface area contributed by atoms with E-state index in [9.17, 15) is 40.6 Å². The highest BCUT2D eigenvalue weighted by atomic mass is 19.4. The highest BCUT2D eigenvalue weighted by Crippen LogP contribution is 2.40. The van der Waals surface area contributed by atoms with Gasteiger partial charge < -0.3 is 10.4 Å². The zero-order valence-corrected chi connectivity index (χ0v) is 15.9. The summed E-state index contributed by atoms with van der Waals surface area (Å²) in [6.07, 6.45) is -9.97. The van der Waals surface area contributed by atoms with Crippen molar-refractivity contribution < 1.29 is 40.6 Å². The summed E-state index contributed by atoms with van der Waals surface area (Å²) >= 11 is 0. The molecule has 2 aromatic rings. The first kappa shape index (κ1) is 23.2. The van der Waals surface area contributed by atoms with Gasteiger partial charge in [-0.05, 0) is 48.7 Å². The van der Waals surface area contributed by atoms with Crippen LogP contribution in [0.25, 0.3) is 0 Å². The molecule has 1 saturated heterocycles. The summed E-state index contributed by atoms with van der Waals surface area (Å²) in [5, 5.41) is 12.5. The molecule has 3 rings (SSSR count). The molecule has 0 aliphatic carbocycles. The molecule has 0 amide bonds. The van der Waals surface area contributed by atoms with E-state index in [1.807, 2.05) is 0 Å². The maximum atomic E-state index is 13.3. The van der Waals surface area contributed by atoms with E-state index >= 15 is 0 Å². The molecule has 0 spiro atoms. The Labute approximate surface area is 172 Å². The fraction of sp³-hybridized carbons (Fsp3) is 0.381. The number of ketones is 1. The van der Waals surface area contributed by atoms with Crippen LogP contribution in [0.5, 0.6) is 0 Å². The quantitative estimate of drug-likeness (QED) is 0.503. The van der Waals surface area contributed by atoms with Gasteiger partial charge >= 0.3 is 12.4 Å². The first-order valence-electron chi connectivity index (χ1n) is 9.31. The van der Waals surface area contributed by atoms with Crippen LogP contribution in [0.3, 0.4) is 0 Å². The molecule has 2 atom stereocenters. The van der Waals surface area contributed by atoms with Crippen molar-refractivity contribution >= 4 is 5.78 Å². The third kappa shape index (κ3) is 4.90.